The number of anilines is 3. The minimum absolute atomic E-state index is 0.294. The number of aromatic nitrogens is 1. The zero-order valence-electron chi connectivity index (χ0n) is 14.9. The largest absolute Gasteiger partial charge is 0.354 e. The van der Waals surface area contributed by atoms with Crippen LogP contribution < -0.4 is 10.0 Å². The van der Waals surface area contributed by atoms with E-state index in [9.17, 15) is 8.42 Å². The molecule has 0 saturated carbocycles. The van der Waals surface area contributed by atoms with Crippen molar-refractivity contribution < 1.29 is 8.42 Å². The van der Waals surface area contributed by atoms with Gasteiger partial charge in [-0.15, -0.1) is 11.3 Å². The van der Waals surface area contributed by atoms with Gasteiger partial charge in [0, 0.05) is 10.6 Å². The molecule has 0 saturated heterocycles. The Labute approximate surface area is 158 Å². The third-order valence-corrected chi connectivity index (χ3v) is 6.99. The molecule has 5 nitrogen and oxygen atoms in total. The van der Waals surface area contributed by atoms with Gasteiger partial charge in [-0.3, -0.25) is 4.72 Å². The maximum absolute atomic E-state index is 12.4. The van der Waals surface area contributed by atoms with Gasteiger partial charge in [-0.05, 0) is 56.2 Å². The lowest BCUT2D eigenvalue weighted by Crippen LogP contribution is -2.12. The van der Waals surface area contributed by atoms with Crippen molar-refractivity contribution in [1.29, 1.82) is 0 Å². The van der Waals surface area contributed by atoms with E-state index in [1.807, 2.05) is 32.0 Å². The Balaban J connectivity index is 1.73. The molecule has 7 heteroatoms. The number of aryl methyl sites for hydroxylation is 3. The van der Waals surface area contributed by atoms with Crippen LogP contribution in [0.25, 0.3) is 0 Å². The summed E-state index contributed by atoms with van der Waals surface area (Å²) in [5.41, 5.74) is 4.13. The average Bonchev–Trinajstić information content (AvgIpc) is 3.09. The molecule has 26 heavy (non-hydrogen) atoms. The molecule has 0 bridgehead atoms. The number of thiophene rings is 1. The Kier molecular flexibility index (Phi) is 5.29. The van der Waals surface area contributed by atoms with Crippen molar-refractivity contribution in [2.75, 3.05) is 10.0 Å². The van der Waals surface area contributed by atoms with E-state index >= 15 is 0 Å². The minimum Gasteiger partial charge on any atom is -0.354 e. The summed E-state index contributed by atoms with van der Waals surface area (Å²) in [5.74, 6) is 0.294. The standard InChI is InChI=1S/C19H21N3O2S2/c1-4-16-7-10-19(25-16)26(23,24)22-18-9-6-15(12-20-18)21-17-8-5-13(2)11-14(17)3/h5-12,21H,4H2,1-3H3,(H,20,22). The maximum Gasteiger partial charge on any atom is 0.272 e. The number of sulfonamides is 1. The van der Waals surface area contributed by atoms with Crippen LogP contribution in [0.2, 0.25) is 0 Å². The first-order valence-electron chi connectivity index (χ1n) is 8.29. The van der Waals surface area contributed by atoms with Crippen LogP contribution in [0.1, 0.15) is 22.9 Å². The highest BCUT2D eigenvalue weighted by Crippen LogP contribution is 2.25. The van der Waals surface area contributed by atoms with E-state index in [2.05, 4.69) is 28.0 Å². The van der Waals surface area contributed by atoms with Gasteiger partial charge >= 0.3 is 0 Å². The van der Waals surface area contributed by atoms with Crippen LogP contribution in [-0.2, 0) is 16.4 Å². The Morgan fingerprint density at radius 2 is 1.88 bits per heavy atom. The third-order valence-electron chi connectivity index (χ3n) is 3.91. The van der Waals surface area contributed by atoms with Gasteiger partial charge in [-0.1, -0.05) is 24.6 Å². The van der Waals surface area contributed by atoms with Crippen LogP contribution in [0.5, 0.6) is 0 Å². The number of hydrogen-bond donors (Lipinski definition) is 2. The van der Waals surface area contributed by atoms with Crippen molar-refractivity contribution >= 4 is 38.6 Å². The summed E-state index contributed by atoms with van der Waals surface area (Å²) in [6.45, 7) is 6.09. The summed E-state index contributed by atoms with van der Waals surface area (Å²) in [6.07, 6.45) is 2.43. The minimum atomic E-state index is -3.60. The van der Waals surface area contributed by atoms with Crippen molar-refractivity contribution in [1.82, 2.24) is 4.98 Å². The van der Waals surface area contributed by atoms with Crippen molar-refractivity contribution in [3.8, 4) is 0 Å². The zero-order chi connectivity index (χ0) is 18.7. The van der Waals surface area contributed by atoms with Crippen LogP contribution in [0.4, 0.5) is 17.2 Å². The SMILES string of the molecule is CCc1ccc(S(=O)(=O)Nc2ccc(Nc3ccc(C)cc3C)cn2)s1. The lowest BCUT2D eigenvalue weighted by molar-refractivity contribution is 0.603. The molecule has 0 amide bonds. The summed E-state index contributed by atoms with van der Waals surface area (Å²) in [4.78, 5) is 5.25. The summed E-state index contributed by atoms with van der Waals surface area (Å²) >= 11 is 1.28. The summed E-state index contributed by atoms with van der Waals surface area (Å²) < 4.78 is 27.7. The van der Waals surface area contributed by atoms with Gasteiger partial charge in [0.05, 0.1) is 11.9 Å². The maximum atomic E-state index is 12.4. The second-order valence-corrected chi connectivity index (χ2v) is 9.13. The fourth-order valence-electron chi connectivity index (χ4n) is 2.52. The molecule has 0 aliphatic carbocycles. The third kappa shape index (κ3) is 4.23. The van der Waals surface area contributed by atoms with Gasteiger partial charge < -0.3 is 5.32 Å². The first-order chi connectivity index (χ1) is 12.4. The molecule has 0 unspecified atom stereocenters. The normalized spacial score (nSPS) is 11.3. The van der Waals surface area contributed by atoms with E-state index < -0.39 is 10.0 Å². The van der Waals surface area contributed by atoms with Gasteiger partial charge in [-0.2, -0.15) is 0 Å². The van der Waals surface area contributed by atoms with Crippen molar-refractivity contribution in [3.05, 3.63) is 64.7 Å². The molecule has 0 aliphatic heterocycles. The van der Waals surface area contributed by atoms with Crippen LogP contribution >= 0.6 is 11.3 Å². The first kappa shape index (κ1) is 18.4. The monoisotopic (exact) mass is 387 g/mol. The van der Waals surface area contributed by atoms with Gasteiger partial charge in [0.2, 0.25) is 0 Å². The Morgan fingerprint density at radius 1 is 1.08 bits per heavy atom. The first-order valence-corrected chi connectivity index (χ1v) is 10.6. The molecule has 1 aromatic carbocycles. The molecule has 2 aromatic heterocycles. The van der Waals surface area contributed by atoms with Crippen LogP contribution in [-0.4, -0.2) is 13.4 Å². The highest BCUT2D eigenvalue weighted by molar-refractivity contribution is 7.94. The zero-order valence-corrected chi connectivity index (χ0v) is 16.5. The van der Waals surface area contributed by atoms with Gasteiger partial charge in [0.1, 0.15) is 10.0 Å². The smallest absolute Gasteiger partial charge is 0.272 e. The molecule has 0 fully saturated rings. The Morgan fingerprint density at radius 3 is 2.50 bits per heavy atom. The number of nitrogens with zero attached hydrogens (tertiary/aromatic N) is 1. The molecule has 2 N–H and O–H groups in total. The Hall–Kier alpha value is -2.38. The summed E-state index contributed by atoms with van der Waals surface area (Å²) in [5, 5.41) is 3.29. The number of hydrogen-bond acceptors (Lipinski definition) is 5. The van der Waals surface area contributed by atoms with Crippen LogP contribution in [0.3, 0.4) is 0 Å². The molecular weight excluding hydrogens is 366 g/mol. The molecule has 0 atom stereocenters. The second kappa shape index (κ2) is 7.47. The summed E-state index contributed by atoms with van der Waals surface area (Å²) in [6, 6.07) is 13.1. The van der Waals surface area contributed by atoms with Crippen LogP contribution in [0.15, 0.2) is 52.9 Å². The topological polar surface area (TPSA) is 71.1 Å². The van der Waals surface area contributed by atoms with E-state index in [1.165, 1.54) is 16.9 Å². The molecule has 0 radical (unpaired) electrons. The highest BCUT2D eigenvalue weighted by Gasteiger charge is 2.17. The highest BCUT2D eigenvalue weighted by atomic mass is 32.2. The molecule has 2 heterocycles. The van der Waals surface area contributed by atoms with E-state index in [0.717, 1.165) is 28.2 Å². The lowest BCUT2D eigenvalue weighted by atomic mass is 10.1. The molecule has 3 aromatic rings. The predicted octanol–water partition coefficient (Wildman–Crippen LogP) is 4.87. The summed E-state index contributed by atoms with van der Waals surface area (Å²) in [7, 11) is -3.60. The lowest BCUT2D eigenvalue weighted by Gasteiger charge is -2.11. The number of nitrogens with one attached hydrogen (secondary N) is 2. The quantitative estimate of drug-likeness (QED) is 0.633. The average molecular weight is 388 g/mol. The van der Waals surface area contributed by atoms with E-state index in [-0.39, 0.29) is 0 Å². The van der Waals surface area contributed by atoms with Crippen molar-refractivity contribution in [3.63, 3.8) is 0 Å². The Bertz CT molecular complexity index is 1010. The van der Waals surface area contributed by atoms with E-state index in [4.69, 9.17) is 0 Å². The molecular formula is C19H21N3O2S2. The molecule has 3 rings (SSSR count). The van der Waals surface area contributed by atoms with E-state index in [0.29, 0.717) is 10.0 Å². The fourth-order valence-corrected chi connectivity index (χ4v) is 4.82. The molecule has 136 valence electrons. The van der Waals surface area contributed by atoms with Crippen molar-refractivity contribution in [2.45, 2.75) is 31.4 Å². The number of benzene rings is 1. The van der Waals surface area contributed by atoms with Gasteiger partial charge in [0.25, 0.3) is 10.0 Å². The second-order valence-electron chi connectivity index (χ2n) is 6.06. The molecule has 0 aliphatic rings. The van der Waals surface area contributed by atoms with E-state index in [1.54, 1.807) is 24.4 Å². The fraction of sp³-hybridized carbons (Fsp3) is 0.211. The van der Waals surface area contributed by atoms with Crippen molar-refractivity contribution in [2.24, 2.45) is 0 Å². The number of rotatable bonds is 6. The predicted molar refractivity (Wildman–Crippen MR) is 108 cm³/mol. The molecule has 0 spiro atoms. The van der Waals surface area contributed by atoms with Gasteiger partial charge in [-0.25, -0.2) is 13.4 Å². The van der Waals surface area contributed by atoms with Crippen LogP contribution in [0, 0.1) is 13.8 Å². The number of pyridine rings is 1. The van der Waals surface area contributed by atoms with Gasteiger partial charge in [0.15, 0.2) is 0 Å².